The summed E-state index contributed by atoms with van der Waals surface area (Å²) in [6.07, 6.45) is 8.78. The average molecular weight is 287 g/mol. The van der Waals surface area contributed by atoms with Crippen LogP contribution in [0.2, 0.25) is 0 Å². The van der Waals surface area contributed by atoms with Crippen molar-refractivity contribution in [1.29, 1.82) is 0 Å². The van der Waals surface area contributed by atoms with Crippen molar-refractivity contribution in [2.24, 2.45) is 16.7 Å². The standard InChI is InChI=1S/C15H26N2O.ClH/c1-14(4-2-3-5-14)11-17-13(18)12-10-15(12)6-8-16-9-7-15;/h12,16H,2-11H2,1H3,(H,17,18);1H. The molecule has 1 spiro atoms. The summed E-state index contributed by atoms with van der Waals surface area (Å²) in [6, 6.07) is 0. The van der Waals surface area contributed by atoms with Crippen molar-refractivity contribution in [3.05, 3.63) is 0 Å². The van der Waals surface area contributed by atoms with Crippen molar-refractivity contribution in [3.63, 3.8) is 0 Å². The first-order valence-electron chi connectivity index (χ1n) is 7.62. The topological polar surface area (TPSA) is 41.1 Å². The van der Waals surface area contributed by atoms with Crippen LogP contribution in [0.5, 0.6) is 0 Å². The molecule has 0 aromatic carbocycles. The minimum Gasteiger partial charge on any atom is -0.355 e. The molecule has 3 fully saturated rings. The van der Waals surface area contributed by atoms with Crippen molar-refractivity contribution < 1.29 is 4.79 Å². The minimum absolute atomic E-state index is 0. The molecule has 19 heavy (non-hydrogen) atoms. The zero-order valence-electron chi connectivity index (χ0n) is 12.0. The van der Waals surface area contributed by atoms with Crippen molar-refractivity contribution in [2.75, 3.05) is 19.6 Å². The predicted molar refractivity (Wildman–Crippen MR) is 79.5 cm³/mol. The molecule has 0 aromatic heterocycles. The van der Waals surface area contributed by atoms with E-state index < -0.39 is 0 Å². The number of amides is 1. The second-order valence-corrected chi connectivity index (χ2v) is 7.10. The molecule has 2 aliphatic carbocycles. The fourth-order valence-corrected chi connectivity index (χ4v) is 4.02. The van der Waals surface area contributed by atoms with E-state index in [1.165, 1.54) is 38.5 Å². The highest BCUT2D eigenvalue weighted by Crippen LogP contribution is 2.58. The van der Waals surface area contributed by atoms with Crippen LogP contribution in [0.15, 0.2) is 0 Å². The van der Waals surface area contributed by atoms with Gasteiger partial charge in [0.2, 0.25) is 5.91 Å². The smallest absolute Gasteiger partial charge is 0.223 e. The normalized spacial score (nSPS) is 30.7. The van der Waals surface area contributed by atoms with Gasteiger partial charge in [-0.05, 0) is 56.0 Å². The van der Waals surface area contributed by atoms with Gasteiger partial charge in [-0.2, -0.15) is 0 Å². The highest BCUT2D eigenvalue weighted by molar-refractivity contribution is 5.85. The molecule has 0 radical (unpaired) electrons. The fourth-order valence-electron chi connectivity index (χ4n) is 4.02. The first-order valence-corrected chi connectivity index (χ1v) is 7.62. The van der Waals surface area contributed by atoms with Crippen LogP contribution in [-0.4, -0.2) is 25.5 Å². The highest BCUT2D eigenvalue weighted by Gasteiger charge is 2.57. The summed E-state index contributed by atoms with van der Waals surface area (Å²) < 4.78 is 0. The Morgan fingerprint density at radius 1 is 1.21 bits per heavy atom. The van der Waals surface area contributed by atoms with E-state index in [9.17, 15) is 4.79 Å². The van der Waals surface area contributed by atoms with Crippen LogP contribution in [0.25, 0.3) is 0 Å². The molecule has 1 aliphatic heterocycles. The Kier molecular flexibility index (Phi) is 4.46. The Morgan fingerprint density at radius 2 is 1.84 bits per heavy atom. The molecular formula is C15H27ClN2O. The Labute approximate surface area is 122 Å². The van der Waals surface area contributed by atoms with Gasteiger partial charge in [-0.15, -0.1) is 12.4 Å². The van der Waals surface area contributed by atoms with Gasteiger partial charge >= 0.3 is 0 Å². The largest absolute Gasteiger partial charge is 0.355 e. The third kappa shape index (κ3) is 3.08. The van der Waals surface area contributed by atoms with Crippen LogP contribution in [-0.2, 0) is 4.79 Å². The van der Waals surface area contributed by atoms with Crippen molar-refractivity contribution in [1.82, 2.24) is 10.6 Å². The summed E-state index contributed by atoms with van der Waals surface area (Å²) in [7, 11) is 0. The molecule has 0 aromatic rings. The minimum atomic E-state index is 0. The summed E-state index contributed by atoms with van der Waals surface area (Å²) in [5.41, 5.74) is 0.762. The van der Waals surface area contributed by atoms with Gasteiger partial charge in [0.15, 0.2) is 0 Å². The molecule has 2 N–H and O–H groups in total. The number of piperidine rings is 1. The van der Waals surface area contributed by atoms with Crippen molar-refractivity contribution in [2.45, 2.75) is 51.9 Å². The molecule has 1 atom stereocenters. The Balaban J connectivity index is 0.00000133. The summed E-state index contributed by atoms with van der Waals surface area (Å²) in [5.74, 6) is 0.662. The number of halogens is 1. The van der Waals surface area contributed by atoms with Gasteiger partial charge in [-0.3, -0.25) is 4.79 Å². The number of hydrogen-bond donors (Lipinski definition) is 2. The lowest BCUT2D eigenvalue weighted by molar-refractivity contribution is -0.123. The van der Waals surface area contributed by atoms with E-state index in [1.54, 1.807) is 0 Å². The van der Waals surface area contributed by atoms with Crippen molar-refractivity contribution in [3.8, 4) is 0 Å². The van der Waals surface area contributed by atoms with Gasteiger partial charge in [0.1, 0.15) is 0 Å². The molecule has 1 heterocycles. The Morgan fingerprint density at radius 3 is 2.47 bits per heavy atom. The number of carbonyl (C=O) groups excluding carboxylic acids is 1. The van der Waals surface area contributed by atoms with Gasteiger partial charge in [-0.25, -0.2) is 0 Å². The molecule has 110 valence electrons. The van der Waals surface area contributed by atoms with Crippen LogP contribution in [0, 0.1) is 16.7 Å². The SMILES string of the molecule is CC1(CNC(=O)C2CC23CCNCC3)CCCC1.Cl. The summed E-state index contributed by atoms with van der Waals surface area (Å²) in [6.45, 7) is 5.42. The van der Waals surface area contributed by atoms with E-state index in [2.05, 4.69) is 17.6 Å². The Hall–Kier alpha value is -0.280. The van der Waals surface area contributed by atoms with E-state index in [1.807, 2.05) is 0 Å². The molecule has 3 nitrogen and oxygen atoms in total. The lowest BCUT2D eigenvalue weighted by Crippen LogP contribution is -2.37. The molecule has 1 amide bonds. The van der Waals surface area contributed by atoms with Crippen LogP contribution in [0.3, 0.4) is 0 Å². The quantitative estimate of drug-likeness (QED) is 0.837. The van der Waals surface area contributed by atoms with Gasteiger partial charge in [0.05, 0.1) is 0 Å². The van der Waals surface area contributed by atoms with E-state index in [4.69, 9.17) is 0 Å². The number of rotatable bonds is 3. The maximum Gasteiger partial charge on any atom is 0.223 e. The van der Waals surface area contributed by atoms with Gasteiger partial charge in [0, 0.05) is 12.5 Å². The van der Waals surface area contributed by atoms with Crippen LogP contribution in [0.4, 0.5) is 0 Å². The van der Waals surface area contributed by atoms with Crippen LogP contribution < -0.4 is 10.6 Å². The monoisotopic (exact) mass is 286 g/mol. The molecule has 4 heteroatoms. The summed E-state index contributed by atoms with van der Waals surface area (Å²) in [4.78, 5) is 12.2. The number of hydrogen-bond acceptors (Lipinski definition) is 2. The molecule has 3 rings (SSSR count). The molecule has 1 unspecified atom stereocenters. The molecule has 2 saturated carbocycles. The van der Waals surface area contributed by atoms with Gasteiger partial charge in [0.25, 0.3) is 0 Å². The lowest BCUT2D eigenvalue weighted by Gasteiger charge is -2.25. The van der Waals surface area contributed by atoms with E-state index in [0.29, 0.717) is 22.7 Å². The highest BCUT2D eigenvalue weighted by atomic mass is 35.5. The van der Waals surface area contributed by atoms with Gasteiger partial charge < -0.3 is 10.6 Å². The number of nitrogens with one attached hydrogen (secondary N) is 2. The number of carbonyl (C=O) groups is 1. The molecule has 3 aliphatic rings. The van der Waals surface area contributed by atoms with Gasteiger partial charge in [-0.1, -0.05) is 19.8 Å². The van der Waals surface area contributed by atoms with E-state index in [0.717, 1.165) is 26.1 Å². The van der Waals surface area contributed by atoms with Crippen LogP contribution in [0.1, 0.15) is 51.9 Å². The third-order valence-electron chi connectivity index (χ3n) is 5.61. The first kappa shape index (κ1) is 15.1. The Bertz CT molecular complexity index is 333. The zero-order chi connectivity index (χ0) is 12.6. The second kappa shape index (κ2) is 5.61. The average Bonchev–Trinajstić information content (AvgIpc) is 2.88. The second-order valence-electron chi connectivity index (χ2n) is 7.10. The summed E-state index contributed by atoms with van der Waals surface area (Å²) in [5, 5.41) is 6.63. The molecular weight excluding hydrogens is 260 g/mol. The zero-order valence-corrected chi connectivity index (χ0v) is 12.8. The molecule has 0 bridgehead atoms. The fraction of sp³-hybridized carbons (Fsp3) is 0.933. The lowest BCUT2D eigenvalue weighted by atomic mass is 9.88. The summed E-state index contributed by atoms with van der Waals surface area (Å²) >= 11 is 0. The van der Waals surface area contributed by atoms with Crippen molar-refractivity contribution >= 4 is 18.3 Å². The maximum absolute atomic E-state index is 12.2. The third-order valence-corrected chi connectivity index (χ3v) is 5.61. The first-order chi connectivity index (χ1) is 8.64. The van der Waals surface area contributed by atoms with E-state index >= 15 is 0 Å². The maximum atomic E-state index is 12.2. The molecule has 1 saturated heterocycles. The van der Waals surface area contributed by atoms with E-state index in [-0.39, 0.29) is 12.4 Å². The van der Waals surface area contributed by atoms with Crippen LogP contribution >= 0.6 is 12.4 Å². The predicted octanol–water partition coefficient (Wildman–Crippen LogP) is 2.49.